The Hall–Kier alpha value is -1.38. The Labute approximate surface area is 77.8 Å². The van der Waals surface area contributed by atoms with E-state index in [2.05, 4.69) is 4.98 Å². The summed E-state index contributed by atoms with van der Waals surface area (Å²) in [5, 5.41) is 0. The fourth-order valence-corrected chi connectivity index (χ4v) is 1.04. The Kier molecular flexibility index (Phi) is 3.43. The van der Waals surface area contributed by atoms with Gasteiger partial charge in [0, 0.05) is 12.6 Å². The molecule has 0 amide bonds. The normalized spacial score (nSPS) is 9.69. The van der Waals surface area contributed by atoms with Crippen molar-refractivity contribution in [2.75, 3.05) is 6.61 Å². The Morgan fingerprint density at radius 2 is 2.31 bits per heavy atom. The van der Waals surface area contributed by atoms with Crippen LogP contribution in [0.25, 0.3) is 0 Å². The molecule has 1 aromatic rings. The summed E-state index contributed by atoms with van der Waals surface area (Å²) in [5.41, 5.74) is 0.437. The van der Waals surface area contributed by atoms with E-state index in [-0.39, 0.29) is 5.78 Å². The minimum absolute atomic E-state index is 0.0176. The van der Waals surface area contributed by atoms with Gasteiger partial charge in [-0.3, -0.25) is 4.79 Å². The topological polar surface area (TPSA) is 39.2 Å². The molecule has 0 fully saturated rings. The molecular formula is C10H13NO2. The molecule has 3 heteroatoms. The van der Waals surface area contributed by atoms with E-state index in [1.165, 1.54) is 0 Å². The maximum atomic E-state index is 11.4. The molecule has 0 saturated carbocycles. The molecule has 0 atom stereocenters. The van der Waals surface area contributed by atoms with Gasteiger partial charge in [0.25, 0.3) is 0 Å². The van der Waals surface area contributed by atoms with Crippen LogP contribution < -0.4 is 4.74 Å². The Morgan fingerprint density at radius 1 is 1.54 bits per heavy atom. The van der Waals surface area contributed by atoms with Crippen LogP contribution in [-0.4, -0.2) is 17.4 Å². The monoisotopic (exact) mass is 179 g/mol. The van der Waals surface area contributed by atoms with Crippen LogP contribution in [-0.2, 0) is 0 Å². The second kappa shape index (κ2) is 4.60. The number of carbonyl (C=O) groups is 1. The molecule has 1 aromatic heterocycles. The fraction of sp³-hybridized carbons (Fsp3) is 0.400. The molecule has 13 heavy (non-hydrogen) atoms. The predicted molar refractivity (Wildman–Crippen MR) is 50.0 cm³/mol. The fourth-order valence-electron chi connectivity index (χ4n) is 1.04. The Morgan fingerprint density at radius 3 is 2.92 bits per heavy atom. The van der Waals surface area contributed by atoms with Crippen LogP contribution in [0.5, 0.6) is 5.75 Å². The number of nitrogens with zero attached hydrogens (tertiary/aromatic N) is 1. The van der Waals surface area contributed by atoms with E-state index in [0.29, 0.717) is 24.5 Å². The van der Waals surface area contributed by atoms with Crippen LogP contribution >= 0.6 is 0 Å². The summed E-state index contributed by atoms with van der Waals surface area (Å²) in [5.74, 6) is 0.598. The number of Topliss-reactive ketones (excluding diaryl/α,β-unsaturated/α-hetero) is 1. The van der Waals surface area contributed by atoms with Crippen LogP contribution in [0.4, 0.5) is 0 Å². The second-order valence-corrected chi connectivity index (χ2v) is 2.56. The molecule has 0 saturated heterocycles. The molecule has 0 N–H and O–H groups in total. The third-order valence-corrected chi connectivity index (χ3v) is 1.66. The van der Waals surface area contributed by atoms with Crippen molar-refractivity contribution in [3.8, 4) is 5.75 Å². The smallest absolute Gasteiger partial charge is 0.184 e. The predicted octanol–water partition coefficient (Wildman–Crippen LogP) is 2.07. The van der Waals surface area contributed by atoms with Crippen molar-refractivity contribution < 1.29 is 9.53 Å². The lowest BCUT2D eigenvalue weighted by atomic mass is 10.2. The first-order valence-corrected chi connectivity index (χ1v) is 4.40. The largest absolute Gasteiger partial charge is 0.491 e. The quantitative estimate of drug-likeness (QED) is 0.664. The standard InChI is InChI=1S/C10H13NO2/c1-3-8(12)10-9(13-4-2)6-5-7-11-10/h5-7H,3-4H2,1-2H3. The number of ketones is 1. The van der Waals surface area contributed by atoms with Crippen LogP contribution in [0.2, 0.25) is 0 Å². The first kappa shape index (κ1) is 9.71. The molecule has 0 aliphatic heterocycles. The van der Waals surface area contributed by atoms with E-state index in [9.17, 15) is 4.79 Å². The number of hydrogen-bond acceptors (Lipinski definition) is 3. The minimum atomic E-state index is 0.0176. The van der Waals surface area contributed by atoms with E-state index in [1.54, 1.807) is 18.3 Å². The van der Waals surface area contributed by atoms with Crippen molar-refractivity contribution in [2.24, 2.45) is 0 Å². The van der Waals surface area contributed by atoms with Crippen molar-refractivity contribution in [2.45, 2.75) is 20.3 Å². The summed E-state index contributed by atoms with van der Waals surface area (Å²) in [4.78, 5) is 15.4. The molecular weight excluding hydrogens is 166 g/mol. The summed E-state index contributed by atoms with van der Waals surface area (Å²) in [6.07, 6.45) is 2.06. The van der Waals surface area contributed by atoms with Gasteiger partial charge in [-0.25, -0.2) is 4.98 Å². The molecule has 70 valence electrons. The minimum Gasteiger partial charge on any atom is -0.491 e. The molecule has 0 aliphatic rings. The van der Waals surface area contributed by atoms with E-state index in [1.807, 2.05) is 13.8 Å². The number of aromatic nitrogens is 1. The lowest BCUT2D eigenvalue weighted by Gasteiger charge is -2.06. The number of hydrogen-bond donors (Lipinski definition) is 0. The molecule has 1 heterocycles. The summed E-state index contributed by atoms with van der Waals surface area (Å²) in [6.45, 7) is 4.25. The van der Waals surface area contributed by atoms with Crippen LogP contribution in [0.3, 0.4) is 0 Å². The third kappa shape index (κ3) is 2.28. The van der Waals surface area contributed by atoms with Gasteiger partial charge in [0.15, 0.2) is 5.78 Å². The maximum Gasteiger partial charge on any atom is 0.184 e. The van der Waals surface area contributed by atoms with E-state index < -0.39 is 0 Å². The highest BCUT2D eigenvalue weighted by molar-refractivity contribution is 5.96. The SMILES string of the molecule is CCOc1cccnc1C(=O)CC. The van der Waals surface area contributed by atoms with Gasteiger partial charge in [0.05, 0.1) is 6.61 Å². The molecule has 0 spiro atoms. The molecule has 0 aromatic carbocycles. The van der Waals surface area contributed by atoms with Gasteiger partial charge in [-0.05, 0) is 19.1 Å². The molecule has 1 rings (SSSR count). The lowest BCUT2D eigenvalue weighted by molar-refractivity contribution is 0.0979. The van der Waals surface area contributed by atoms with Crippen molar-refractivity contribution in [3.05, 3.63) is 24.0 Å². The highest BCUT2D eigenvalue weighted by Crippen LogP contribution is 2.16. The van der Waals surface area contributed by atoms with Crippen LogP contribution in [0.15, 0.2) is 18.3 Å². The van der Waals surface area contributed by atoms with Gasteiger partial charge in [0.1, 0.15) is 11.4 Å². The zero-order valence-electron chi connectivity index (χ0n) is 7.91. The van der Waals surface area contributed by atoms with Gasteiger partial charge in [0.2, 0.25) is 0 Å². The lowest BCUT2D eigenvalue weighted by Crippen LogP contribution is -2.04. The van der Waals surface area contributed by atoms with E-state index in [0.717, 1.165) is 0 Å². The number of rotatable bonds is 4. The van der Waals surface area contributed by atoms with E-state index >= 15 is 0 Å². The van der Waals surface area contributed by atoms with Crippen LogP contribution in [0, 0.1) is 0 Å². The average Bonchev–Trinajstić information content (AvgIpc) is 2.18. The van der Waals surface area contributed by atoms with Crippen molar-refractivity contribution in [1.29, 1.82) is 0 Å². The highest BCUT2D eigenvalue weighted by atomic mass is 16.5. The molecule has 0 bridgehead atoms. The Balaban J connectivity index is 2.97. The molecule has 0 radical (unpaired) electrons. The van der Waals surface area contributed by atoms with Gasteiger partial charge in [-0.15, -0.1) is 0 Å². The first-order chi connectivity index (χ1) is 6.29. The second-order valence-electron chi connectivity index (χ2n) is 2.56. The Bertz CT molecular complexity index is 297. The summed E-state index contributed by atoms with van der Waals surface area (Å²) >= 11 is 0. The van der Waals surface area contributed by atoms with Gasteiger partial charge in [-0.1, -0.05) is 6.92 Å². The van der Waals surface area contributed by atoms with Gasteiger partial charge < -0.3 is 4.74 Å². The van der Waals surface area contributed by atoms with Gasteiger partial charge >= 0.3 is 0 Å². The number of pyridine rings is 1. The zero-order chi connectivity index (χ0) is 9.68. The molecule has 0 aliphatic carbocycles. The van der Waals surface area contributed by atoms with Crippen molar-refractivity contribution in [3.63, 3.8) is 0 Å². The summed E-state index contributed by atoms with van der Waals surface area (Å²) in [7, 11) is 0. The highest BCUT2D eigenvalue weighted by Gasteiger charge is 2.10. The zero-order valence-corrected chi connectivity index (χ0v) is 7.91. The summed E-state index contributed by atoms with van der Waals surface area (Å²) < 4.78 is 5.28. The third-order valence-electron chi connectivity index (χ3n) is 1.66. The number of carbonyl (C=O) groups excluding carboxylic acids is 1. The van der Waals surface area contributed by atoms with E-state index in [4.69, 9.17) is 4.74 Å². The molecule has 0 unspecified atom stereocenters. The number of ether oxygens (including phenoxy) is 1. The van der Waals surface area contributed by atoms with Crippen molar-refractivity contribution in [1.82, 2.24) is 4.98 Å². The van der Waals surface area contributed by atoms with Gasteiger partial charge in [-0.2, -0.15) is 0 Å². The average molecular weight is 179 g/mol. The van der Waals surface area contributed by atoms with Crippen molar-refractivity contribution >= 4 is 5.78 Å². The first-order valence-electron chi connectivity index (χ1n) is 4.40. The maximum absolute atomic E-state index is 11.4. The summed E-state index contributed by atoms with van der Waals surface area (Å²) in [6, 6.07) is 3.52. The van der Waals surface area contributed by atoms with Crippen LogP contribution in [0.1, 0.15) is 30.8 Å². The molecule has 3 nitrogen and oxygen atoms in total.